The fourth-order valence-corrected chi connectivity index (χ4v) is 5.41. The first-order valence-corrected chi connectivity index (χ1v) is 13.9. The Balaban J connectivity index is 0.999. The SMILES string of the molecule is Cn1nnc(-c2ccc(NC3CCN(C(=O)COC4CCC(Nc5ccc(N)c(C(F)(F)F)c5)CC4)CC3)cc2)n1. The summed E-state index contributed by atoms with van der Waals surface area (Å²) in [5.74, 6) is 0.574. The van der Waals surface area contributed by atoms with Gasteiger partial charge in [0.1, 0.15) is 6.61 Å². The van der Waals surface area contributed by atoms with Crippen molar-refractivity contribution in [2.75, 3.05) is 36.1 Å². The van der Waals surface area contributed by atoms with E-state index in [9.17, 15) is 18.0 Å². The third-order valence-electron chi connectivity index (χ3n) is 7.72. The summed E-state index contributed by atoms with van der Waals surface area (Å²) in [4.78, 5) is 16.1. The van der Waals surface area contributed by atoms with E-state index in [1.165, 1.54) is 10.9 Å². The van der Waals surface area contributed by atoms with Crippen LogP contribution in [0.1, 0.15) is 44.1 Å². The second kappa shape index (κ2) is 12.3. The molecule has 220 valence electrons. The lowest BCUT2D eigenvalue weighted by molar-refractivity contribution is -0.140. The van der Waals surface area contributed by atoms with Gasteiger partial charge in [-0.1, -0.05) is 0 Å². The van der Waals surface area contributed by atoms with Crippen molar-refractivity contribution < 1.29 is 22.7 Å². The van der Waals surface area contributed by atoms with E-state index < -0.39 is 11.7 Å². The number of aryl methyl sites for hydroxylation is 1. The first kappa shape index (κ1) is 28.7. The number of carbonyl (C=O) groups is 1. The van der Waals surface area contributed by atoms with E-state index in [0.29, 0.717) is 24.6 Å². The van der Waals surface area contributed by atoms with Crippen LogP contribution in [0.15, 0.2) is 42.5 Å². The Bertz CT molecular complexity index is 1310. The number of benzene rings is 2. The summed E-state index contributed by atoms with van der Waals surface area (Å²) in [7, 11) is 1.73. The molecule has 1 amide bonds. The van der Waals surface area contributed by atoms with Crippen molar-refractivity contribution >= 4 is 23.0 Å². The van der Waals surface area contributed by atoms with Gasteiger partial charge in [-0.05, 0) is 86.2 Å². The molecule has 5 rings (SSSR count). The molecule has 10 nitrogen and oxygen atoms in total. The summed E-state index contributed by atoms with van der Waals surface area (Å²) < 4.78 is 45.4. The molecule has 1 saturated heterocycles. The van der Waals surface area contributed by atoms with Crippen LogP contribution in [0, 0.1) is 0 Å². The maximum Gasteiger partial charge on any atom is 0.418 e. The standard InChI is InChI=1S/C28H35F3N8O2/c1-38-36-27(35-37-38)18-2-4-19(5-3-18)33-21-12-14-39(15-13-21)26(40)17-41-23-9-6-20(7-10-23)34-22-8-11-25(32)24(16-22)28(29,30)31/h2-5,8,11,16,20-21,23,33-34H,6-7,9-10,12-15,17,32H2,1H3. The molecule has 0 bridgehead atoms. The largest absolute Gasteiger partial charge is 0.418 e. The topological polar surface area (TPSA) is 123 Å². The molecule has 0 radical (unpaired) electrons. The number of halogens is 3. The predicted molar refractivity (Wildman–Crippen MR) is 149 cm³/mol. The molecule has 1 aliphatic heterocycles. The number of nitrogens with zero attached hydrogens (tertiary/aromatic N) is 5. The number of amides is 1. The molecule has 0 atom stereocenters. The number of alkyl halides is 3. The van der Waals surface area contributed by atoms with Crippen LogP contribution in [0.25, 0.3) is 11.4 Å². The quantitative estimate of drug-likeness (QED) is 0.341. The minimum atomic E-state index is -4.49. The predicted octanol–water partition coefficient (Wildman–Crippen LogP) is 4.32. The normalized spacial score (nSPS) is 20.1. The van der Waals surface area contributed by atoms with Crippen molar-refractivity contribution in [2.24, 2.45) is 7.05 Å². The summed E-state index contributed by atoms with van der Waals surface area (Å²) in [5, 5.41) is 18.8. The average molecular weight is 573 g/mol. The third kappa shape index (κ3) is 7.46. The zero-order valence-corrected chi connectivity index (χ0v) is 22.9. The van der Waals surface area contributed by atoms with E-state index in [0.717, 1.165) is 55.8 Å². The number of aromatic nitrogens is 4. The smallest absolute Gasteiger partial charge is 0.398 e. The van der Waals surface area contributed by atoms with Gasteiger partial charge in [-0.3, -0.25) is 4.79 Å². The molecule has 41 heavy (non-hydrogen) atoms. The molecule has 2 heterocycles. The van der Waals surface area contributed by atoms with Gasteiger partial charge in [0.15, 0.2) is 0 Å². The van der Waals surface area contributed by atoms with E-state index >= 15 is 0 Å². The molecule has 0 spiro atoms. The fraction of sp³-hybridized carbons (Fsp3) is 0.500. The molecule has 2 aliphatic rings. The van der Waals surface area contributed by atoms with E-state index in [1.54, 1.807) is 13.1 Å². The van der Waals surface area contributed by atoms with Crippen LogP contribution in [0.2, 0.25) is 0 Å². The summed E-state index contributed by atoms with van der Waals surface area (Å²) in [6.45, 7) is 1.38. The number of ether oxygens (including phenoxy) is 1. The van der Waals surface area contributed by atoms with Crippen LogP contribution in [-0.2, 0) is 22.8 Å². The van der Waals surface area contributed by atoms with Crippen LogP contribution in [0.5, 0.6) is 0 Å². The van der Waals surface area contributed by atoms with E-state index in [1.807, 2.05) is 29.2 Å². The Kier molecular flexibility index (Phi) is 8.62. The Hall–Kier alpha value is -3.87. The summed E-state index contributed by atoms with van der Waals surface area (Å²) in [6.07, 6.45) is 0.139. The number of tetrazole rings is 1. The molecular weight excluding hydrogens is 537 g/mol. The van der Waals surface area contributed by atoms with Gasteiger partial charge >= 0.3 is 6.18 Å². The van der Waals surface area contributed by atoms with E-state index in [4.69, 9.17) is 10.5 Å². The zero-order valence-electron chi connectivity index (χ0n) is 22.9. The van der Waals surface area contributed by atoms with Gasteiger partial charge in [0.25, 0.3) is 0 Å². The van der Waals surface area contributed by atoms with Gasteiger partial charge < -0.3 is 26.0 Å². The Morgan fingerprint density at radius 3 is 2.24 bits per heavy atom. The number of nitrogens with two attached hydrogens (primary N) is 1. The minimum absolute atomic E-state index is 0.00826. The number of hydrogen-bond donors (Lipinski definition) is 3. The first-order valence-electron chi connectivity index (χ1n) is 13.9. The lowest BCUT2D eigenvalue weighted by Crippen LogP contribution is -2.44. The Morgan fingerprint density at radius 2 is 1.61 bits per heavy atom. The van der Waals surface area contributed by atoms with Gasteiger partial charge in [0, 0.05) is 47.8 Å². The highest BCUT2D eigenvalue weighted by Gasteiger charge is 2.33. The highest BCUT2D eigenvalue weighted by atomic mass is 19.4. The average Bonchev–Trinajstić information content (AvgIpc) is 3.40. The van der Waals surface area contributed by atoms with Gasteiger partial charge in [-0.2, -0.15) is 18.0 Å². The Morgan fingerprint density at radius 1 is 0.976 bits per heavy atom. The molecule has 1 aliphatic carbocycles. The highest BCUT2D eigenvalue weighted by molar-refractivity contribution is 5.77. The lowest BCUT2D eigenvalue weighted by Gasteiger charge is -2.34. The van der Waals surface area contributed by atoms with Crippen LogP contribution in [0.4, 0.5) is 30.2 Å². The van der Waals surface area contributed by atoms with Crippen molar-refractivity contribution in [1.82, 2.24) is 25.1 Å². The second-order valence-electron chi connectivity index (χ2n) is 10.7. The lowest BCUT2D eigenvalue weighted by atomic mass is 9.92. The summed E-state index contributed by atoms with van der Waals surface area (Å²) in [6, 6.07) is 12.1. The van der Waals surface area contributed by atoms with Crippen molar-refractivity contribution in [3.8, 4) is 11.4 Å². The van der Waals surface area contributed by atoms with Crippen molar-refractivity contribution in [2.45, 2.75) is 62.9 Å². The number of nitrogens with one attached hydrogen (secondary N) is 2. The number of rotatable bonds is 8. The molecule has 13 heteroatoms. The number of hydrogen-bond acceptors (Lipinski definition) is 8. The molecule has 4 N–H and O–H groups in total. The number of nitrogen functional groups attached to an aromatic ring is 1. The molecule has 2 fully saturated rings. The van der Waals surface area contributed by atoms with Crippen molar-refractivity contribution in [3.63, 3.8) is 0 Å². The summed E-state index contributed by atoms with van der Waals surface area (Å²) in [5.41, 5.74) is 6.69. The van der Waals surface area contributed by atoms with Gasteiger partial charge in [-0.15, -0.1) is 10.2 Å². The molecule has 1 aromatic heterocycles. The van der Waals surface area contributed by atoms with Crippen LogP contribution in [0.3, 0.4) is 0 Å². The zero-order chi connectivity index (χ0) is 29.0. The maximum atomic E-state index is 13.1. The number of piperidine rings is 1. The molecule has 3 aromatic rings. The molecular formula is C28H35F3N8O2. The number of carbonyl (C=O) groups excluding carboxylic acids is 1. The number of likely N-dealkylation sites (tertiary alicyclic amines) is 1. The van der Waals surface area contributed by atoms with Crippen molar-refractivity contribution in [3.05, 3.63) is 48.0 Å². The van der Waals surface area contributed by atoms with Crippen molar-refractivity contribution in [1.29, 1.82) is 0 Å². The monoisotopic (exact) mass is 572 g/mol. The second-order valence-corrected chi connectivity index (χ2v) is 10.7. The van der Waals surface area contributed by atoms with Gasteiger partial charge in [0.05, 0.1) is 18.7 Å². The molecule has 0 unspecified atom stereocenters. The van der Waals surface area contributed by atoms with Crippen LogP contribution < -0.4 is 16.4 Å². The maximum absolute atomic E-state index is 13.1. The summed E-state index contributed by atoms with van der Waals surface area (Å²) >= 11 is 0. The molecule has 1 saturated carbocycles. The first-order chi connectivity index (χ1) is 19.6. The van der Waals surface area contributed by atoms with Crippen LogP contribution >= 0.6 is 0 Å². The van der Waals surface area contributed by atoms with Crippen LogP contribution in [-0.4, -0.2) is 68.9 Å². The van der Waals surface area contributed by atoms with E-state index in [-0.39, 0.29) is 36.4 Å². The Labute approximate surface area is 236 Å². The molecule has 2 aromatic carbocycles. The number of anilines is 3. The fourth-order valence-electron chi connectivity index (χ4n) is 5.41. The van der Waals surface area contributed by atoms with Gasteiger partial charge in [-0.25, -0.2) is 0 Å². The minimum Gasteiger partial charge on any atom is -0.398 e. The van der Waals surface area contributed by atoms with E-state index in [2.05, 4.69) is 26.0 Å². The highest BCUT2D eigenvalue weighted by Crippen LogP contribution is 2.36. The van der Waals surface area contributed by atoms with Gasteiger partial charge in [0.2, 0.25) is 11.7 Å². The third-order valence-corrected chi connectivity index (χ3v) is 7.72.